The Labute approximate surface area is 138 Å². The average Bonchev–Trinajstić information content (AvgIpc) is 2.85. The highest BCUT2D eigenvalue weighted by atomic mass is 16.1. The van der Waals surface area contributed by atoms with Crippen molar-refractivity contribution in [3.63, 3.8) is 0 Å². The molecule has 0 bridgehead atoms. The van der Waals surface area contributed by atoms with Gasteiger partial charge in [-0.2, -0.15) is 0 Å². The number of carbonyl (C=O) groups excluding carboxylic acids is 1. The Balaban J connectivity index is 2.48. The normalized spacial score (nSPS) is 12.7. The van der Waals surface area contributed by atoms with E-state index in [1.165, 1.54) is 10.9 Å². The molecule has 0 spiro atoms. The minimum atomic E-state index is -0.443. The summed E-state index contributed by atoms with van der Waals surface area (Å²) in [4.78, 5) is 17.8. The second kappa shape index (κ2) is 7.55. The van der Waals surface area contributed by atoms with Crippen molar-refractivity contribution < 1.29 is 4.79 Å². The van der Waals surface area contributed by atoms with Crippen LogP contribution in [0.5, 0.6) is 0 Å². The maximum Gasteiger partial charge on any atom is 0.144 e. The Hall–Kier alpha value is -1.94. The Morgan fingerprint density at radius 1 is 1.30 bits per heavy atom. The van der Waals surface area contributed by atoms with Crippen LogP contribution in [0.4, 0.5) is 0 Å². The first kappa shape index (κ1) is 17.4. The molecule has 1 unspecified atom stereocenters. The van der Waals surface area contributed by atoms with Gasteiger partial charge in [0.05, 0.1) is 5.92 Å². The Kier molecular flexibility index (Phi) is 5.72. The van der Waals surface area contributed by atoms with Crippen LogP contribution >= 0.6 is 0 Å². The van der Waals surface area contributed by atoms with Crippen molar-refractivity contribution in [2.75, 3.05) is 20.6 Å². The molecule has 0 saturated heterocycles. The van der Waals surface area contributed by atoms with Crippen molar-refractivity contribution >= 4 is 22.4 Å². The first-order valence-corrected chi connectivity index (χ1v) is 8.27. The number of carbonyl (C=O) groups is 1. The van der Waals surface area contributed by atoms with Crippen LogP contribution in [0.2, 0.25) is 0 Å². The van der Waals surface area contributed by atoms with Crippen LogP contribution in [0.25, 0.3) is 10.9 Å². The molecule has 4 nitrogen and oxygen atoms in total. The Morgan fingerprint density at radius 3 is 2.61 bits per heavy atom. The number of Topliss-reactive ketones (excluding diaryl/α,β-unsaturated/α-hetero) is 1. The summed E-state index contributed by atoms with van der Waals surface area (Å²) in [5.41, 5.74) is 3.65. The molecule has 0 fully saturated rings. The highest BCUT2D eigenvalue weighted by Gasteiger charge is 2.26. The number of nitrogens with zero attached hydrogens (tertiary/aromatic N) is 1. The van der Waals surface area contributed by atoms with Crippen LogP contribution in [-0.4, -0.2) is 42.0 Å². The van der Waals surface area contributed by atoms with E-state index in [9.17, 15) is 4.79 Å². The van der Waals surface area contributed by atoms with E-state index in [0.29, 0.717) is 12.1 Å². The topological polar surface area (TPSA) is 60.0 Å². The number of hydrogen-bond donors (Lipinski definition) is 2. The summed E-state index contributed by atoms with van der Waals surface area (Å²) < 4.78 is 0. The molecule has 0 aliphatic rings. The minimum Gasteiger partial charge on any atom is -0.357 e. The van der Waals surface area contributed by atoms with E-state index in [-0.39, 0.29) is 5.78 Å². The summed E-state index contributed by atoms with van der Waals surface area (Å²) in [5, 5.41) is 9.41. The highest BCUT2D eigenvalue weighted by Crippen LogP contribution is 2.30. The SMILES string of the molecule is CCC(=N)C(C(C)=O)c1[nH]c2ccccc2c1CCCN(C)C. The number of benzene rings is 1. The third-order valence-corrected chi connectivity index (χ3v) is 4.30. The summed E-state index contributed by atoms with van der Waals surface area (Å²) in [7, 11) is 4.14. The van der Waals surface area contributed by atoms with E-state index in [0.717, 1.165) is 30.6 Å². The molecule has 1 aromatic heterocycles. The fourth-order valence-corrected chi connectivity index (χ4v) is 3.14. The van der Waals surface area contributed by atoms with Crippen LogP contribution in [0.1, 0.15) is 43.9 Å². The molecule has 0 aliphatic heterocycles. The smallest absolute Gasteiger partial charge is 0.144 e. The van der Waals surface area contributed by atoms with Crippen molar-refractivity contribution in [2.45, 2.75) is 39.0 Å². The lowest BCUT2D eigenvalue weighted by atomic mass is 9.89. The molecule has 2 aromatic rings. The quantitative estimate of drug-likeness (QED) is 0.729. The summed E-state index contributed by atoms with van der Waals surface area (Å²) in [6.07, 6.45) is 2.54. The van der Waals surface area contributed by atoms with E-state index in [2.05, 4.69) is 30.0 Å². The Morgan fingerprint density at radius 2 is 2.00 bits per heavy atom. The van der Waals surface area contributed by atoms with E-state index in [1.54, 1.807) is 6.92 Å². The number of fused-ring (bicyclic) bond motifs is 1. The highest BCUT2D eigenvalue weighted by molar-refractivity contribution is 6.08. The van der Waals surface area contributed by atoms with E-state index in [1.807, 2.05) is 25.1 Å². The largest absolute Gasteiger partial charge is 0.357 e. The zero-order valence-corrected chi connectivity index (χ0v) is 14.6. The average molecular weight is 313 g/mol. The molecule has 2 rings (SSSR count). The molecule has 1 atom stereocenters. The molecule has 0 amide bonds. The molecule has 0 saturated carbocycles. The molecule has 1 aromatic carbocycles. The number of hydrogen-bond acceptors (Lipinski definition) is 3. The minimum absolute atomic E-state index is 0.0391. The number of para-hydroxylation sites is 1. The van der Waals surface area contributed by atoms with Gasteiger partial charge in [-0.25, -0.2) is 0 Å². The molecule has 0 aliphatic carbocycles. The maximum absolute atomic E-state index is 12.2. The number of nitrogens with one attached hydrogen (secondary N) is 2. The molecule has 0 radical (unpaired) electrons. The molecular formula is C19H27N3O. The maximum atomic E-state index is 12.2. The van der Waals surface area contributed by atoms with Crippen molar-refractivity contribution in [2.24, 2.45) is 0 Å². The number of H-pyrrole nitrogens is 1. The van der Waals surface area contributed by atoms with Gasteiger partial charge >= 0.3 is 0 Å². The van der Waals surface area contributed by atoms with E-state index >= 15 is 0 Å². The fourth-order valence-electron chi connectivity index (χ4n) is 3.14. The molecule has 124 valence electrons. The second-order valence-electron chi connectivity index (χ2n) is 6.39. The van der Waals surface area contributed by atoms with E-state index < -0.39 is 5.92 Å². The number of ketones is 1. The van der Waals surface area contributed by atoms with Gasteiger partial charge in [-0.3, -0.25) is 4.79 Å². The summed E-state index contributed by atoms with van der Waals surface area (Å²) >= 11 is 0. The summed E-state index contributed by atoms with van der Waals surface area (Å²) in [5.74, 6) is -0.404. The van der Waals surface area contributed by atoms with Gasteiger partial charge in [0, 0.05) is 22.3 Å². The lowest BCUT2D eigenvalue weighted by molar-refractivity contribution is -0.117. The van der Waals surface area contributed by atoms with Gasteiger partial charge in [0.1, 0.15) is 5.78 Å². The van der Waals surface area contributed by atoms with Crippen molar-refractivity contribution in [3.8, 4) is 0 Å². The van der Waals surface area contributed by atoms with Crippen molar-refractivity contribution in [1.82, 2.24) is 9.88 Å². The van der Waals surface area contributed by atoms with Crippen LogP contribution in [0, 0.1) is 5.41 Å². The third-order valence-electron chi connectivity index (χ3n) is 4.30. The number of aryl methyl sites for hydroxylation is 1. The lowest BCUT2D eigenvalue weighted by Crippen LogP contribution is -2.20. The predicted molar refractivity (Wildman–Crippen MR) is 96.6 cm³/mol. The van der Waals surface area contributed by atoms with Crippen molar-refractivity contribution in [3.05, 3.63) is 35.5 Å². The fraction of sp³-hybridized carbons (Fsp3) is 0.474. The van der Waals surface area contributed by atoms with Crippen molar-refractivity contribution in [1.29, 1.82) is 5.41 Å². The molecule has 23 heavy (non-hydrogen) atoms. The Bertz CT molecular complexity index is 700. The van der Waals surface area contributed by atoms with Gasteiger partial charge in [-0.1, -0.05) is 25.1 Å². The summed E-state index contributed by atoms with van der Waals surface area (Å²) in [6.45, 7) is 4.53. The standard InChI is InChI=1S/C19H27N3O/c1-5-16(20)18(13(2)23)19-15(10-8-12-22(3)4)14-9-6-7-11-17(14)21-19/h6-7,9,11,18,20-21H,5,8,10,12H2,1-4H3. The molecular weight excluding hydrogens is 286 g/mol. The number of aromatic nitrogens is 1. The molecule has 1 heterocycles. The monoisotopic (exact) mass is 313 g/mol. The van der Waals surface area contributed by atoms with Gasteiger partial charge in [0.2, 0.25) is 0 Å². The third kappa shape index (κ3) is 3.88. The molecule has 4 heteroatoms. The summed E-state index contributed by atoms with van der Waals surface area (Å²) in [6, 6.07) is 8.18. The van der Waals surface area contributed by atoms with Gasteiger partial charge in [0.15, 0.2) is 0 Å². The van der Waals surface area contributed by atoms with Gasteiger partial charge < -0.3 is 15.3 Å². The van der Waals surface area contributed by atoms with Crippen LogP contribution in [-0.2, 0) is 11.2 Å². The second-order valence-corrected chi connectivity index (χ2v) is 6.39. The number of aromatic amines is 1. The zero-order valence-electron chi connectivity index (χ0n) is 14.6. The van der Waals surface area contributed by atoms with Crippen LogP contribution < -0.4 is 0 Å². The lowest BCUT2D eigenvalue weighted by Gasteiger charge is -2.16. The predicted octanol–water partition coefficient (Wildman–Crippen LogP) is 3.76. The van der Waals surface area contributed by atoms with Crippen LogP contribution in [0.3, 0.4) is 0 Å². The molecule has 2 N–H and O–H groups in total. The van der Waals surface area contributed by atoms with Crippen LogP contribution in [0.15, 0.2) is 24.3 Å². The number of rotatable bonds is 8. The van der Waals surface area contributed by atoms with Gasteiger partial charge in [-0.05, 0) is 58.5 Å². The first-order chi connectivity index (χ1) is 11.0. The van der Waals surface area contributed by atoms with E-state index in [4.69, 9.17) is 5.41 Å². The first-order valence-electron chi connectivity index (χ1n) is 8.27. The van der Waals surface area contributed by atoms with Gasteiger partial charge in [0.25, 0.3) is 0 Å². The van der Waals surface area contributed by atoms with Gasteiger partial charge in [-0.15, -0.1) is 0 Å². The zero-order chi connectivity index (χ0) is 17.0.